The van der Waals surface area contributed by atoms with E-state index in [9.17, 15) is 4.79 Å². The summed E-state index contributed by atoms with van der Waals surface area (Å²) < 4.78 is 28.0. The molecule has 174 valence electrons. The fraction of sp³-hybridized carbons (Fsp3) is 0.360. The zero-order valence-electron chi connectivity index (χ0n) is 19.0. The van der Waals surface area contributed by atoms with Crippen molar-refractivity contribution >= 4 is 5.91 Å². The number of hydrogen-bond acceptors (Lipinski definition) is 5. The molecular formula is C25H29FN4O3. The third kappa shape index (κ3) is 5.34. The monoisotopic (exact) mass is 452 g/mol. The SMILES string of the molecule is CNCC[C@H](Oc1ccc(CN2CCCn3nc(OC)cc3C2=O)c(F)c1)c1ccccc1. The summed E-state index contributed by atoms with van der Waals surface area (Å²) in [6.45, 7) is 2.10. The first kappa shape index (κ1) is 22.8. The maximum absolute atomic E-state index is 15.0. The van der Waals surface area contributed by atoms with Crippen LogP contribution in [0.2, 0.25) is 0 Å². The Bertz CT molecular complexity index is 1090. The minimum atomic E-state index is -0.393. The van der Waals surface area contributed by atoms with E-state index in [1.807, 2.05) is 37.4 Å². The van der Waals surface area contributed by atoms with Crippen molar-refractivity contribution < 1.29 is 18.7 Å². The van der Waals surface area contributed by atoms with E-state index in [0.29, 0.717) is 36.0 Å². The molecule has 0 aliphatic carbocycles. The highest BCUT2D eigenvalue weighted by atomic mass is 19.1. The lowest BCUT2D eigenvalue weighted by Crippen LogP contribution is -2.31. The van der Waals surface area contributed by atoms with Crippen molar-refractivity contribution in [3.63, 3.8) is 0 Å². The highest BCUT2D eigenvalue weighted by molar-refractivity contribution is 5.93. The summed E-state index contributed by atoms with van der Waals surface area (Å²) in [7, 11) is 3.41. The average Bonchev–Trinajstić information content (AvgIpc) is 3.20. The van der Waals surface area contributed by atoms with Crippen LogP contribution in [0.25, 0.3) is 0 Å². The molecule has 8 heteroatoms. The van der Waals surface area contributed by atoms with E-state index in [4.69, 9.17) is 9.47 Å². The molecule has 4 rings (SSSR count). The van der Waals surface area contributed by atoms with Crippen LogP contribution in [-0.2, 0) is 13.1 Å². The van der Waals surface area contributed by atoms with E-state index in [2.05, 4.69) is 10.4 Å². The maximum atomic E-state index is 15.0. The molecule has 1 atom stereocenters. The van der Waals surface area contributed by atoms with Crippen LogP contribution in [0.1, 0.15) is 40.6 Å². The molecule has 1 aliphatic heterocycles. The van der Waals surface area contributed by atoms with E-state index in [1.54, 1.807) is 27.8 Å². The van der Waals surface area contributed by atoms with E-state index < -0.39 is 5.82 Å². The average molecular weight is 453 g/mol. The van der Waals surface area contributed by atoms with Crippen molar-refractivity contribution in [2.75, 3.05) is 27.2 Å². The number of carbonyl (C=O) groups excluding carboxylic acids is 1. The third-order valence-corrected chi connectivity index (χ3v) is 5.76. The van der Waals surface area contributed by atoms with Crippen LogP contribution >= 0.6 is 0 Å². The summed E-state index contributed by atoms with van der Waals surface area (Å²) >= 11 is 0. The topological polar surface area (TPSA) is 68.6 Å². The van der Waals surface area contributed by atoms with Gasteiger partial charge in [-0.1, -0.05) is 36.4 Å². The zero-order chi connectivity index (χ0) is 23.2. The lowest BCUT2D eigenvalue weighted by Gasteiger charge is -2.22. The number of carbonyl (C=O) groups is 1. The van der Waals surface area contributed by atoms with Gasteiger partial charge < -0.3 is 19.7 Å². The molecule has 33 heavy (non-hydrogen) atoms. The minimum absolute atomic E-state index is 0.181. The lowest BCUT2D eigenvalue weighted by molar-refractivity contribution is 0.0744. The summed E-state index contributed by atoms with van der Waals surface area (Å²) in [4.78, 5) is 14.7. The summed E-state index contributed by atoms with van der Waals surface area (Å²) in [6, 6.07) is 16.4. The number of benzene rings is 2. The summed E-state index contributed by atoms with van der Waals surface area (Å²) in [5, 5.41) is 7.41. The standard InChI is InChI=1S/C25H29FN4O3/c1-27-12-11-23(18-7-4-3-5-8-18)33-20-10-9-19(21(26)15-20)17-29-13-6-14-30-22(25(29)31)16-24(28-30)32-2/h3-5,7-10,15-16,23,27H,6,11-14,17H2,1-2H3/t23-/m0/s1. The van der Waals surface area contributed by atoms with Crippen LogP contribution in [0, 0.1) is 5.82 Å². The van der Waals surface area contributed by atoms with Crippen LogP contribution in [-0.4, -0.2) is 47.8 Å². The Morgan fingerprint density at radius 3 is 2.70 bits per heavy atom. The number of aromatic nitrogens is 2. The lowest BCUT2D eigenvalue weighted by atomic mass is 10.1. The molecule has 0 unspecified atom stereocenters. The van der Waals surface area contributed by atoms with E-state index in [0.717, 1.165) is 24.9 Å². The number of amides is 1. The Hall–Kier alpha value is -3.39. The quantitative estimate of drug-likeness (QED) is 0.535. The van der Waals surface area contributed by atoms with Crippen molar-refractivity contribution in [2.45, 2.75) is 32.0 Å². The molecule has 7 nitrogen and oxygen atoms in total. The van der Waals surface area contributed by atoms with Gasteiger partial charge in [0.2, 0.25) is 5.88 Å². The molecular weight excluding hydrogens is 423 g/mol. The Labute approximate surface area is 193 Å². The van der Waals surface area contributed by atoms with Gasteiger partial charge in [0.15, 0.2) is 0 Å². The van der Waals surface area contributed by atoms with Crippen molar-refractivity contribution in [1.82, 2.24) is 20.0 Å². The van der Waals surface area contributed by atoms with E-state index in [1.165, 1.54) is 13.2 Å². The van der Waals surface area contributed by atoms with Crippen LogP contribution in [0.4, 0.5) is 4.39 Å². The van der Waals surface area contributed by atoms with Gasteiger partial charge >= 0.3 is 0 Å². The molecule has 1 aliphatic rings. The second kappa shape index (κ2) is 10.5. The van der Waals surface area contributed by atoms with Crippen molar-refractivity contribution in [3.8, 4) is 11.6 Å². The fourth-order valence-corrected chi connectivity index (χ4v) is 4.00. The first-order valence-electron chi connectivity index (χ1n) is 11.1. The number of hydrogen-bond donors (Lipinski definition) is 1. The predicted octanol–water partition coefficient (Wildman–Crippen LogP) is 3.81. The van der Waals surface area contributed by atoms with Gasteiger partial charge in [0.25, 0.3) is 5.91 Å². The molecule has 2 heterocycles. The molecule has 3 aromatic rings. The second-order valence-corrected chi connectivity index (χ2v) is 8.04. The molecule has 2 aromatic carbocycles. The number of nitrogens with zero attached hydrogens (tertiary/aromatic N) is 3. The number of ether oxygens (including phenoxy) is 2. The molecule has 0 bridgehead atoms. The van der Waals surface area contributed by atoms with Gasteiger partial charge in [0, 0.05) is 43.8 Å². The zero-order valence-corrected chi connectivity index (χ0v) is 19.0. The second-order valence-electron chi connectivity index (χ2n) is 8.04. The number of nitrogens with one attached hydrogen (secondary N) is 1. The van der Waals surface area contributed by atoms with Gasteiger partial charge in [0.1, 0.15) is 23.4 Å². The minimum Gasteiger partial charge on any atom is -0.486 e. The number of methoxy groups -OCH3 is 1. The number of aryl methyl sites for hydroxylation is 1. The number of rotatable bonds is 9. The van der Waals surface area contributed by atoms with Gasteiger partial charge in [-0.3, -0.25) is 9.48 Å². The summed E-state index contributed by atoms with van der Waals surface area (Å²) in [5.41, 5.74) is 1.95. The molecule has 0 spiro atoms. The van der Waals surface area contributed by atoms with Gasteiger partial charge in [-0.2, -0.15) is 0 Å². The summed E-state index contributed by atoms with van der Waals surface area (Å²) in [5.74, 6) is 0.292. The van der Waals surface area contributed by atoms with Crippen LogP contribution in [0.5, 0.6) is 11.6 Å². The Kier molecular flexibility index (Phi) is 7.24. The van der Waals surface area contributed by atoms with Crippen LogP contribution < -0.4 is 14.8 Å². The normalized spacial score (nSPS) is 14.5. The Morgan fingerprint density at radius 1 is 1.15 bits per heavy atom. The van der Waals surface area contributed by atoms with Gasteiger partial charge in [-0.15, -0.1) is 5.10 Å². The molecule has 0 saturated heterocycles. The van der Waals surface area contributed by atoms with Crippen LogP contribution in [0.3, 0.4) is 0 Å². The molecule has 0 radical (unpaired) electrons. The molecule has 1 N–H and O–H groups in total. The predicted molar refractivity (Wildman–Crippen MR) is 123 cm³/mol. The largest absolute Gasteiger partial charge is 0.486 e. The van der Waals surface area contributed by atoms with Crippen LogP contribution in [0.15, 0.2) is 54.6 Å². The highest BCUT2D eigenvalue weighted by Gasteiger charge is 2.26. The third-order valence-electron chi connectivity index (χ3n) is 5.76. The van der Waals surface area contributed by atoms with Gasteiger partial charge in [0.05, 0.1) is 7.11 Å². The Morgan fingerprint density at radius 2 is 1.97 bits per heavy atom. The number of halogens is 1. The van der Waals surface area contributed by atoms with Crippen molar-refractivity contribution in [3.05, 3.63) is 77.2 Å². The molecule has 1 aromatic heterocycles. The van der Waals surface area contributed by atoms with E-state index >= 15 is 4.39 Å². The number of fused-ring (bicyclic) bond motifs is 1. The summed E-state index contributed by atoms with van der Waals surface area (Å²) in [6.07, 6.45) is 1.30. The fourth-order valence-electron chi connectivity index (χ4n) is 4.00. The molecule has 1 amide bonds. The first-order chi connectivity index (χ1) is 16.1. The van der Waals surface area contributed by atoms with Gasteiger partial charge in [-0.05, 0) is 31.6 Å². The molecule has 0 saturated carbocycles. The van der Waals surface area contributed by atoms with Crippen molar-refractivity contribution in [1.29, 1.82) is 0 Å². The first-order valence-corrected chi connectivity index (χ1v) is 11.1. The highest BCUT2D eigenvalue weighted by Crippen LogP contribution is 2.27. The Balaban J connectivity index is 1.48. The maximum Gasteiger partial charge on any atom is 0.272 e. The smallest absolute Gasteiger partial charge is 0.272 e. The van der Waals surface area contributed by atoms with Crippen molar-refractivity contribution in [2.24, 2.45) is 0 Å². The molecule has 0 fully saturated rings. The van der Waals surface area contributed by atoms with Gasteiger partial charge in [-0.25, -0.2) is 4.39 Å². The van der Waals surface area contributed by atoms with E-state index in [-0.39, 0.29) is 18.6 Å².